The van der Waals surface area contributed by atoms with E-state index < -0.39 is 6.29 Å². The number of rotatable bonds is 8. The largest absolute Gasteiger partial charge is 0.392 e. The van der Waals surface area contributed by atoms with Crippen molar-refractivity contribution in [2.45, 2.75) is 45.0 Å². The van der Waals surface area contributed by atoms with E-state index in [4.69, 9.17) is 14.2 Å². The van der Waals surface area contributed by atoms with E-state index in [-0.39, 0.29) is 24.8 Å². The summed E-state index contributed by atoms with van der Waals surface area (Å²) in [5, 5.41) is 15.0. The summed E-state index contributed by atoms with van der Waals surface area (Å²) in [6, 6.07) is 15.8. The molecule has 0 radical (unpaired) electrons. The van der Waals surface area contributed by atoms with Crippen molar-refractivity contribution in [1.82, 2.24) is 15.5 Å². The molecule has 2 saturated heterocycles. The van der Waals surface area contributed by atoms with Crippen LogP contribution in [0.4, 0.5) is 4.79 Å². The number of urea groups is 1. The Kier molecular flexibility index (Phi) is 8.90. The van der Waals surface area contributed by atoms with E-state index in [9.17, 15) is 9.90 Å². The number of nitrogens with one attached hydrogen (secondary N) is 2. The van der Waals surface area contributed by atoms with E-state index in [2.05, 4.69) is 15.5 Å². The lowest BCUT2D eigenvalue weighted by Gasteiger charge is -2.39. The number of aliphatic hydroxyl groups excluding tert-OH is 1. The van der Waals surface area contributed by atoms with Gasteiger partial charge in [0.05, 0.1) is 32.0 Å². The fourth-order valence-corrected chi connectivity index (χ4v) is 4.30. The molecule has 184 valence electrons. The number of amides is 2. The summed E-state index contributed by atoms with van der Waals surface area (Å²) in [4.78, 5) is 14.0. The molecule has 2 amide bonds. The lowest BCUT2D eigenvalue weighted by atomic mass is 9.99. The van der Waals surface area contributed by atoms with Crippen molar-refractivity contribution in [2.75, 3.05) is 39.4 Å². The summed E-state index contributed by atoms with van der Waals surface area (Å²) in [5.74, 6) is 0. The standard InChI is InChI=1S/C26H35N3O5/c1-2-27-26(31)28-16-19-3-9-22(10-4-19)25-33-23(17-29-11-13-32-14-12-29)15-24(34-25)21-7-5-20(18-30)6-8-21/h3-10,23-25,30H,2,11-18H2,1H3,(H2,27,28,31). The monoisotopic (exact) mass is 469 g/mol. The molecule has 3 atom stereocenters. The van der Waals surface area contributed by atoms with Gasteiger partial charge in [-0.2, -0.15) is 0 Å². The second kappa shape index (κ2) is 12.3. The van der Waals surface area contributed by atoms with Gasteiger partial charge in [0.25, 0.3) is 0 Å². The number of hydrogen-bond acceptors (Lipinski definition) is 6. The zero-order chi connectivity index (χ0) is 23.8. The van der Waals surface area contributed by atoms with Gasteiger partial charge in [-0.25, -0.2) is 4.79 Å². The molecule has 2 aliphatic heterocycles. The minimum atomic E-state index is -0.479. The van der Waals surface area contributed by atoms with E-state index in [1.807, 2.05) is 55.5 Å². The zero-order valence-corrected chi connectivity index (χ0v) is 19.7. The van der Waals surface area contributed by atoms with Crippen molar-refractivity contribution >= 4 is 6.03 Å². The van der Waals surface area contributed by atoms with E-state index in [0.29, 0.717) is 13.1 Å². The van der Waals surface area contributed by atoms with Crippen LogP contribution in [0.15, 0.2) is 48.5 Å². The maximum Gasteiger partial charge on any atom is 0.315 e. The predicted octanol–water partition coefficient (Wildman–Crippen LogP) is 2.88. The van der Waals surface area contributed by atoms with Gasteiger partial charge in [-0.3, -0.25) is 4.90 Å². The number of ether oxygens (including phenoxy) is 3. The van der Waals surface area contributed by atoms with Gasteiger partial charge in [-0.1, -0.05) is 48.5 Å². The molecule has 3 N–H and O–H groups in total. The molecule has 2 aliphatic rings. The van der Waals surface area contributed by atoms with Crippen molar-refractivity contribution in [3.05, 3.63) is 70.8 Å². The summed E-state index contributed by atoms with van der Waals surface area (Å²) in [5.41, 5.74) is 3.92. The van der Waals surface area contributed by atoms with Crippen LogP contribution in [0.25, 0.3) is 0 Å². The van der Waals surface area contributed by atoms with Crippen molar-refractivity contribution in [1.29, 1.82) is 0 Å². The van der Waals surface area contributed by atoms with E-state index >= 15 is 0 Å². The van der Waals surface area contributed by atoms with Crippen LogP contribution < -0.4 is 10.6 Å². The van der Waals surface area contributed by atoms with Gasteiger partial charge >= 0.3 is 6.03 Å². The first-order chi connectivity index (χ1) is 16.6. The number of nitrogens with zero attached hydrogens (tertiary/aromatic N) is 1. The van der Waals surface area contributed by atoms with Crippen LogP contribution in [0.3, 0.4) is 0 Å². The quantitative estimate of drug-likeness (QED) is 0.551. The minimum absolute atomic E-state index is 0.0263. The van der Waals surface area contributed by atoms with Gasteiger partial charge in [-0.05, 0) is 23.6 Å². The maximum absolute atomic E-state index is 11.7. The number of aliphatic hydroxyl groups is 1. The Morgan fingerprint density at radius 2 is 1.65 bits per heavy atom. The zero-order valence-electron chi connectivity index (χ0n) is 19.7. The Hall–Kier alpha value is -2.49. The van der Waals surface area contributed by atoms with Gasteiger partial charge in [-0.15, -0.1) is 0 Å². The normalized spacial score (nSPS) is 23.4. The molecule has 3 unspecified atom stereocenters. The third-order valence-corrected chi connectivity index (χ3v) is 6.22. The van der Waals surface area contributed by atoms with Crippen LogP contribution in [0, 0.1) is 0 Å². The van der Waals surface area contributed by atoms with Crippen LogP contribution in [-0.2, 0) is 27.4 Å². The molecule has 0 aliphatic carbocycles. The Morgan fingerprint density at radius 1 is 0.971 bits per heavy atom. The van der Waals surface area contributed by atoms with Crippen LogP contribution >= 0.6 is 0 Å². The molecule has 0 aromatic heterocycles. The number of hydrogen-bond donors (Lipinski definition) is 3. The number of morpholine rings is 1. The summed E-state index contributed by atoms with van der Waals surface area (Å²) in [6.07, 6.45) is 0.212. The highest BCUT2D eigenvalue weighted by atomic mass is 16.7. The molecule has 4 rings (SSSR count). The first-order valence-corrected chi connectivity index (χ1v) is 12.1. The molecule has 8 nitrogen and oxygen atoms in total. The molecular weight excluding hydrogens is 434 g/mol. The average molecular weight is 470 g/mol. The molecule has 2 fully saturated rings. The molecule has 8 heteroatoms. The summed E-state index contributed by atoms with van der Waals surface area (Å²) in [7, 11) is 0. The highest BCUT2D eigenvalue weighted by Crippen LogP contribution is 2.38. The third kappa shape index (κ3) is 6.77. The van der Waals surface area contributed by atoms with Crippen LogP contribution in [0.1, 0.15) is 48.0 Å². The van der Waals surface area contributed by atoms with Gasteiger partial charge in [0, 0.05) is 44.7 Å². The molecule has 2 heterocycles. The second-order valence-electron chi connectivity index (χ2n) is 8.72. The van der Waals surface area contributed by atoms with Gasteiger partial charge in [0.2, 0.25) is 0 Å². The van der Waals surface area contributed by atoms with Crippen molar-refractivity contribution in [3.8, 4) is 0 Å². The topological polar surface area (TPSA) is 92.3 Å². The van der Waals surface area contributed by atoms with Gasteiger partial charge in [0.15, 0.2) is 6.29 Å². The molecule has 2 aromatic rings. The molecular formula is C26H35N3O5. The van der Waals surface area contributed by atoms with E-state index in [1.54, 1.807) is 0 Å². The van der Waals surface area contributed by atoms with Crippen molar-refractivity contribution < 1.29 is 24.1 Å². The third-order valence-electron chi connectivity index (χ3n) is 6.22. The van der Waals surface area contributed by atoms with Gasteiger partial charge in [0.1, 0.15) is 0 Å². The Balaban J connectivity index is 1.45. The van der Waals surface area contributed by atoms with Crippen molar-refractivity contribution in [3.63, 3.8) is 0 Å². The SMILES string of the molecule is CCNC(=O)NCc1ccc(C2OC(CN3CCOCC3)CC(c3ccc(CO)cc3)O2)cc1. The lowest BCUT2D eigenvalue weighted by molar-refractivity contribution is -0.253. The molecule has 2 aromatic carbocycles. The fourth-order valence-electron chi connectivity index (χ4n) is 4.30. The number of carbonyl (C=O) groups excluding carboxylic acids is 1. The second-order valence-corrected chi connectivity index (χ2v) is 8.72. The molecule has 0 saturated carbocycles. The lowest BCUT2D eigenvalue weighted by Crippen LogP contribution is -2.44. The van der Waals surface area contributed by atoms with Crippen LogP contribution in [-0.4, -0.2) is 61.5 Å². The van der Waals surface area contributed by atoms with Crippen LogP contribution in [0.5, 0.6) is 0 Å². The van der Waals surface area contributed by atoms with E-state index in [0.717, 1.165) is 61.5 Å². The summed E-state index contributed by atoms with van der Waals surface area (Å²) in [6.45, 7) is 7.13. The fraction of sp³-hybridized carbons (Fsp3) is 0.500. The number of benzene rings is 2. The summed E-state index contributed by atoms with van der Waals surface area (Å²) < 4.78 is 18.3. The number of carbonyl (C=O) groups is 1. The minimum Gasteiger partial charge on any atom is -0.392 e. The van der Waals surface area contributed by atoms with Crippen molar-refractivity contribution in [2.24, 2.45) is 0 Å². The molecule has 0 bridgehead atoms. The molecule has 34 heavy (non-hydrogen) atoms. The van der Waals surface area contributed by atoms with Gasteiger partial charge < -0.3 is 30.0 Å². The Morgan fingerprint density at radius 3 is 2.32 bits per heavy atom. The highest BCUT2D eigenvalue weighted by molar-refractivity contribution is 5.73. The maximum atomic E-state index is 11.7. The smallest absolute Gasteiger partial charge is 0.315 e. The summed E-state index contributed by atoms with van der Waals surface area (Å²) >= 11 is 0. The Bertz CT molecular complexity index is 900. The molecule has 0 spiro atoms. The predicted molar refractivity (Wildman–Crippen MR) is 128 cm³/mol. The Labute approximate surface area is 201 Å². The first-order valence-electron chi connectivity index (χ1n) is 12.1. The average Bonchev–Trinajstić information content (AvgIpc) is 2.88. The first kappa shape index (κ1) is 24.6. The van der Waals surface area contributed by atoms with E-state index in [1.165, 1.54) is 0 Å². The highest BCUT2D eigenvalue weighted by Gasteiger charge is 2.33. The van der Waals surface area contributed by atoms with Crippen LogP contribution in [0.2, 0.25) is 0 Å².